The molecule has 9 nitrogen and oxygen atoms in total. The Morgan fingerprint density at radius 1 is 1.08 bits per heavy atom. The average Bonchev–Trinajstić information content (AvgIpc) is 3.36. The van der Waals surface area contributed by atoms with E-state index in [2.05, 4.69) is 36.1 Å². The van der Waals surface area contributed by atoms with Crippen molar-refractivity contribution in [3.8, 4) is 17.2 Å². The molecule has 1 atom stereocenters. The fourth-order valence-electron chi connectivity index (χ4n) is 4.09. The van der Waals surface area contributed by atoms with E-state index in [0.717, 1.165) is 47.2 Å². The number of fused-ring (bicyclic) bond motifs is 1. The number of hydrogen-bond donors (Lipinski definition) is 1. The maximum atomic E-state index is 11.6. The molecule has 2 aromatic carbocycles. The zero-order chi connectivity index (χ0) is 24.8. The van der Waals surface area contributed by atoms with Gasteiger partial charge in [-0.1, -0.05) is 0 Å². The minimum atomic E-state index is -0.376. The van der Waals surface area contributed by atoms with Crippen LogP contribution >= 0.6 is 40.7 Å². The number of nitrogens with zero attached hydrogens (tertiary/aromatic N) is 3. The van der Waals surface area contributed by atoms with Gasteiger partial charge < -0.3 is 24.3 Å². The van der Waals surface area contributed by atoms with Gasteiger partial charge in [-0.3, -0.25) is 9.69 Å². The second kappa shape index (κ2) is 14.4. The number of carbonyl (C=O) groups excluding carboxylic acids is 1. The molecule has 0 spiro atoms. The lowest BCUT2D eigenvalue weighted by molar-refractivity contribution is -0.148. The number of rotatable bonds is 10. The standard InChI is InChI=1S/C25H29BrN4O5.2ClH/c1-16(31)35-18(13-30-8-4-5-9-30)14-34-24-12-21-19(11-23(24)33-3)25(28-15-27-21)29-22-10-17(32-2)6-7-20(22)26;;/h6-7,10-12,15,18H,4-5,8-9,13-14H2,1-3H3,(H,27,28,29);2*1H. The fourth-order valence-corrected chi connectivity index (χ4v) is 4.43. The molecule has 1 fully saturated rings. The molecular weight excluding hydrogens is 587 g/mol. The molecular formula is C25H31BrCl2N4O5. The van der Waals surface area contributed by atoms with Gasteiger partial charge >= 0.3 is 5.97 Å². The van der Waals surface area contributed by atoms with Crippen LogP contribution in [0.2, 0.25) is 0 Å². The van der Waals surface area contributed by atoms with E-state index in [0.29, 0.717) is 29.4 Å². The van der Waals surface area contributed by atoms with E-state index in [-0.39, 0.29) is 43.5 Å². The normalized spacial score (nSPS) is 13.7. The number of ether oxygens (including phenoxy) is 4. The molecule has 0 amide bonds. The Morgan fingerprint density at radius 2 is 1.84 bits per heavy atom. The lowest BCUT2D eigenvalue weighted by Crippen LogP contribution is -2.36. The van der Waals surface area contributed by atoms with E-state index < -0.39 is 0 Å². The SMILES string of the molecule is COc1ccc(Br)c(Nc2ncnc3cc(OCC(CN4CCCC4)OC(C)=O)c(OC)cc23)c1.Cl.Cl. The molecule has 4 rings (SSSR count). The summed E-state index contributed by atoms with van der Waals surface area (Å²) in [5.74, 6) is 2.06. The van der Waals surface area contributed by atoms with Crippen molar-refractivity contribution in [2.45, 2.75) is 25.9 Å². The minimum absolute atomic E-state index is 0. The van der Waals surface area contributed by atoms with Crippen molar-refractivity contribution in [3.63, 3.8) is 0 Å². The molecule has 1 aliphatic rings. The third-order valence-corrected chi connectivity index (χ3v) is 6.46. The van der Waals surface area contributed by atoms with Crippen LogP contribution in [0, 0.1) is 0 Å². The molecule has 1 aromatic heterocycles. The Kier molecular flexibility index (Phi) is 12.0. The molecule has 12 heteroatoms. The van der Waals surface area contributed by atoms with Gasteiger partial charge in [0.25, 0.3) is 0 Å². The van der Waals surface area contributed by atoms with E-state index in [1.54, 1.807) is 14.2 Å². The summed E-state index contributed by atoms with van der Waals surface area (Å²) in [5, 5.41) is 4.10. The molecule has 1 N–H and O–H groups in total. The minimum Gasteiger partial charge on any atom is -0.497 e. The number of aromatic nitrogens is 2. The van der Waals surface area contributed by atoms with Crippen LogP contribution in [0.5, 0.6) is 17.2 Å². The molecule has 0 saturated carbocycles. The van der Waals surface area contributed by atoms with Crippen molar-refractivity contribution < 1.29 is 23.7 Å². The van der Waals surface area contributed by atoms with Crippen molar-refractivity contribution in [3.05, 3.63) is 41.1 Å². The monoisotopic (exact) mass is 616 g/mol. The number of benzene rings is 2. The quantitative estimate of drug-likeness (QED) is 0.300. The van der Waals surface area contributed by atoms with Gasteiger partial charge in [0.15, 0.2) is 11.5 Å². The third-order valence-electron chi connectivity index (χ3n) is 5.77. The van der Waals surface area contributed by atoms with E-state index in [9.17, 15) is 4.79 Å². The molecule has 1 saturated heterocycles. The lowest BCUT2D eigenvalue weighted by Gasteiger charge is -2.23. The van der Waals surface area contributed by atoms with Gasteiger partial charge in [0.2, 0.25) is 0 Å². The van der Waals surface area contributed by atoms with Crippen LogP contribution in [0.3, 0.4) is 0 Å². The van der Waals surface area contributed by atoms with Crippen LogP contribution in [0.4, 0.5) is 11.5 Å². The maximum absolute atomic E-state index is 11.6. The topological polar surface area (TPSA) is 95.0 Å². The van der Waals surface area contributed by atoms with Gasteiger partial charge in [0.1, 0.15) is 30.6 Å². The third kappa shape index (κ3) is 7.98. The zero-order valence-electron chi connectivity index (χ0n) is 20.9. The van der Waals surface area contributed by atoms with Crippen LogP contribution in [0.1, 0.15) is 19.8 Å². The first kappa shape index (κ1) is 30.7. The molecule has 37 heavy (non-hydrogen) atoms. The Labute approximate surface area is 237 Å². The van der Waals surface area contributed by atoms with Crippen LogP contribution in [0.25, 0.3) is 10.9 Å². The van der Waals surface area contributed by atoms with Crippen LogP contribution in [0.15, 0.2) is 41.1 Å². The summed E-state index contributed by atoms with van der Waals surface area (Å²) in [7, 11) is 3.20. The highest BCUT2D eigenvalue weighted by Gasteiger charge is 2.22. The van der Waals surface area contributed by atoms with Gasteiger partial charge in [-0.2, -0.15) is 0 Å². The summed E-state index contributed by atoms with van der Waals surface area (Å²) in [6, 6.07) is 9.29. The van der Waals surface area contributed by atoms with E-state index in [1.807, 2.05) is 30.3 Å². The molecule has 0 bridgehead atoms. The van der Waals surface area contributed by atoms with Crippen molar-refractivity contribution >= 4 is 69.1 Å². The summed E-state index contributed by atoms with van der Waals surface area (Å²) in [6.45, 7) is 4.28. The number of esters is 1. The number of nitrogens with one attached hydrogen (secondary N) is 1. The van der Waals surface area contributed by atoms with Gasteiger partial charge in [0.05, 0.1) is 25.4 Å². The fraction of sp³-hybridized carbons (Fsp3) is 0.400. The summed E-state index contributed by atoms with van der Waals surface area (Å²) in [4.78, 5) is 22.8. The molecule has 0 radical (unpaired) electrons. The Balaban J connectivity index is 0.00000241. The maximum Gasteiger partial charge on any atom is 0.303 e. The summed E-state index contributed by atoms with van der Waals surface area (Å²) >= 11 is 3.56. The van der Waals surface area contributed by atoms with Gasteiger partial charge in [-0.15, -0.1) is 24.8 Å². The Morgan fingerprint density at radius 3 is 2.51 bits per heavy atom. The smallest absolute Gasteiger partial charge is 0.303 e. The number of likely N-dealkylation sites (tertiary alicyclic amines) is 1. The van der Waals surface area contributed by atoms with Crippen LogP contribution in [-0.2, 0) is 9.53 Å². The Bertz CT molecular complexity index is 1200. The van der Waals surface area contributed by atoms with Gasteiger partial charge in [-0.25, -0.2) is 9.97 Å². The highest BCUT2D eigenvalue weighted by atomic mass is 79.9. The van der Waals surface area contributed by atoms with Crippen molar-refractivity contribution in [1.29, 1.82) is 0 Å². The number of halogens is 3. The second-order valence-corrected chi connectivity index (χ2v) is 9.12. The first-order valence-corrected chi connectivity index (χ1v) is 12.2. The molecule has 3 aromatic rings. The van der Waals surface area contributed by atoms with Crippen molar-refractivity contribution in [2.75, 3.05) is 45.8 Å². The van der Waals surface area contributed by atoms with E-state index >= 15 is 0 Å². The predicted octanol–water partition coefficient (Wildman–Crippen LogP) is 5.40. The predicted molar refractivity (Wildman–Crippen MR) is 151 cm³/mol. The molecule has 202 valence electrons. The number of carbonyl (C=O) groups is 1. The molecule has 1 aliphatic heterocycles. The number of anilines is 2. The van der Waals surface area contributed by atoms with E-state index in [1.165, 1.54) is 13.3 Å². The summed E-state index contributed by atoms with van der Waals surface area (Å²) in [5.41, 5.74) is 1.48. The molecule has 2 heterocycles. The first-order valence-electron chi connectivity index (χ1n) is 11.4. The summed E-state index contributed by atoms with van der Waals surface area (Å²) in [6.07, 6.45) is 3.44. The molecule has 0 aliphatic carbocycles. The van der Waals surface area contributed by atoms with E-state index in [4.69, 9.17) is 18.9 Å². The Hall–Kier alpha value is -2.53. The van der Waals surface area contributed by atoms with Crippen molar-refractivity contribution in [1.82, 2.24) is 14.9 Å². The van der Waals surface area contributed by atoms with Gasteiger partial charge in [0, 0.05) is 35.5 Å². The highest BCUT2D eigenvalue weighted by molar-refractivity contribution is 9.10. The zero-order valence-corrected chi connectivity index (χ0v) is 24.1. The lowest BCUT2D eigenvalue weighted by atomic mass is 10.2. The summed E-state index contributed by atoms with van der Waals surface area (Å²) < 4.78 is 23.4. The highest BCUT2D eigenvalue weighted by Crippen LogP contribution is 2.36. The van der Waals surface area contributed by atoms with Gasteiger partial charge in [-0.05, 0) is 60.1 Å². The van der Waals surface area contributed by atoms with Crippen molar-refractivity contribution in [2.24, 2.45) is 0 Å². The van der Waals surface area contributed by atoms with Crippen LogP contribution < -0.4 is 19.5 Å². The molecule has 1 unspecified atom stereocenters. The number of hydrogen-bond acceptors (Lipinski definition) is 9. The average molecular weight is 618 g/mol. The second-order valence-electron chi connectivity index (χ2n) is 8.26. The first-order chi connectivity index (χ1) is 17.0. The number of methoxy groups -OCH3 is 2. The largest absolute Gasteiger partial charge is 0.497 e. The van der Waals surface area contributed by atoms with Crippen LogP contribution in [-0.4, -0.2) is 67.4 Å².